The Morgan fingerprint density at radius 3 is 2.35 bits per heavy atom. The number of hydrogen-bond donors (Lipinski definition) is 1. The minimum absolute atomic E-state index is 0.190. The van der Waals surface area contributed by atoms with E-state index < -0.39 is 0 Å². The average molecular weight is 288 g/mol. The first-order valence-corrected chi connectivity index (χ1v) is 6.44. The van der Waals surface area contributed by atoms with Crippen LogP contribution in [0.5, 0.6) is 5.75 Å². The van der Waals surface area contributed by atoms with Crippen LogP contribution in [0.1, 0.15) is 5.56 Å². The Hall–Kier alpha value is -2.26. The Bertz CT molecular complexity index is 603. The lowest BCUT2D eigenvalue weighted by Gasteiger charge is -2.03. The number of carbonyl (C=O) groups excluding carboxylic acids is 1. The molecule has 0 aliphatic heterocycles. The molecule has 2 aromatic rings. The van der Waals surface area contributed by atoms with Crippen molar-refractivity contribution in [3.63, 3.8) is 0 Å². The van der Waals surface area contributed by atoms with E-state index in [9.17, 15) is 4.79 Å². The summed E-state index contributed by atoms with van der Waals surface area (Å²) in [6, 6.07) is 14.4. The maximum atomic E-state index is 11.8. The number of halogens is 1. The van der Waals surface area contributed by atoms with Gasteiger partial charge >= 0.3 is 0 Å². The molecular weight excluding hydrogens is 274 g/mol. The third-order valence-corrected chi connectivity index (χ3v) is 2.91. The van der Waals surface area contributed by atoms with Crippen LogP contribution in [0.2, 0.25) is 5.02 Å². The smallest absolute Gasteiger partial charge is 0.248 e. The second kappa shape index (κ2) is 6.78. The molecule has 102 valence electrons. The van der Waals surface area contributed by atoms with Crippen LogP contribution in [0.15, 0.2) is 54.6 Å². The highest BCUT2D eigenvalue weighted by molar-refractivity contribution is 6.30. The fourth-order valence-electron chi connectivity index (χ4n) is 1.60. The molecule has 20 heavy (non-hydrogen) atoms. The molecule has 0 saturated heterocycles. The van der Waals surface area contributed by atoms with E-state index in [1.54, 1.807) is 49.6 Å². The molecular formula is C16H14ClNO2. The van der Waals surface area contributed by atoms with Crippen molar-refractivity contribution in [2.24, 2.45) is 0 Å². The van der Waals surface area contributed by atoms with Crippen molar-refractivity contribution >= 4 is 29.3 Å². The number of ether oxygens (including phenoxy) is 1. The van der Waals surface area contributed by atoms with Gasteiger partial charge in [-0.2, -0.15) is 0 Å². The van der Waals surface area contributed by atoms with Gasteiger partial charge in [-0.25, -0.2) is 0 Å². The van der Waals surface area contributed by atoms with Crippen molar-refractivity contribution in [1.29, 1.82) is 0 Å². The van der Waals surface area contributed by atoms with Crippen molar-refractivity contribution in [1.82, 2.24) is 0 Å². The van der Waals surface area contributed by atoms with Crippen molar-refractivity contribution in [3.8, 4) is 5.75 Å². The highest BCUT2D eigenvalue weighted by atomic mass is 35.5. The Morgan fingerprint density at radius 1 is 1.10 bits per heavy atom. The molecule has 1 N–H and O–H groups in total. The molecule has 2 aromatic carbocycles. The first-order chi connectivity index (χ1) is 9.67. The van der Waals surface area contributed by atoms with Gasteiger partial charge in [0.05, 0.1) is 7.11 Å². The number of hydrogen-bond acceptors (Lipinski definition) is 2. The van der Waals surface area contributed by atoms with Gasteiger partial charge in [0.2, 0.25) is 5.91 Å². The molecule has 0 radical (unpaired) electrons. The fraction of sp³-hybridized carbons (Fsp3) is 0.0625. The maximum absolute atomic E-state index is 11.8. The van der Waals surface area contributed by atoms with E-state index >= 15 is 0 Å². The largest absolute Gasteiger partial charge is 0.497 e. The van der Waals surface area contributed by atoms with Gasteiger partial charge in [-0.15, -0.1) is 0 Å². The predicted octanol–water partition coefficient (Wildman–Crippen LogP) is 4.00. The summed E-state index contributed by atoms with van der Waals surface area (Å²) in [7, 11) is 1.60. The third kappa shape index (κ3) is 4.14. The number of anilines is 1. The standard InChI is InChI=1S/C16H14ClNO2/c1-20-15-9-7-14(8-10-15)18-16(19)11-4-12-2-5-13(17)6-3-12/h2-11H,1H3,(H,18,19)/b11-4-. The minimum atomic E-state index is -0.190. The summed E-state index contributed by atoms with van der Waals surface area (Å²) < 4.78 is 5.05. The summed E-state index contributed by atoms with van der Waals surface area (Å²) in [5, 5.41) is 3.44. The molecule has 0 saturated carbocycles. The second-order valence-electron chi connectivity index (χ2n) is 4.10. The average Bonchev–Trinajstić information content (AvgIpc) is 2.47. The third-order valence-electron chi connectivity index (χ3n) is 2.65. The number of nitrogens with one attached hydrogen (secondary N) is 1. The fourth-order valence-corrected chi connectivity index (χ4v) is 1.73. The molecule has 0 atom stereocenters. The molecule has 0 spiro atoms. The summed E-state index contributed by atoms with van der Waals surface area (Å²) in [6.45, 7) is 0. The van der Waals surface area contributed by atoms with Crippen LogP contribution in [-0.2, 0) is 4.79 Å². The van der Waals surface area contributed by atoms with Crippen LogP contribution in [0.25, 0.3) is 6.08 Å². The van der Waals surface area contributed by atoms with E-state index in [0.29, 0.717) is 5.02 Å². The zero-order valence-electron chi connectivity index (χ0n) is 11.0. The molecule has 3 nitrogen and oxygen atoms in total. The Balaban J connectivity index is 1.96. The summed E-state index contributed by atoms with van der Waals surface area (Å²) in [6.07, 6.45) is 3.21. The van der Waals surface area contributed by atoms with Crippen molar-refractivity contribution in [2.45, 2.75) is 0 Å². The number of carbonyl (C=O) groups is 1. The topological polar surface area (TPSA) is 38.3 Å². The molecule has 0 aliphatic rings. The molecule has 0 aliphatic carbocycles. The van der Waals surface area contributed by atoms with Crippen LogP contribution in [0, 0.1) is 0 Å². The van der Waals surface area contributed by atoms with Gasteiger partial charge < -0.3 is 10.1 Å². The molecule has 0 bridgehead atoms. The number of benzene rings is 2. The lowest BCUT2D eigenvalue weighted by atomic mass is 10.2. The minimum Gasteiger partial charge on any atom is -0.497 e. The monoisotopic (exact) mass is 287 g/mol. The van der Waals surface area contributed by atoms with Gasteiger partial charge in [-0.3, -0.25) is 4.79 Å². The molecule has 0 heterocycles. The van der Waals surface area contributed by atoms with E-state index in [1.807, 2.05) is 12.1 Å². The van der Waals surface area contributed by atoms with Crippen molar-refractivity contribution < 1.29 is 9.53 Å². The maximum Gasteiger partial charge on any atom is 0.248 e. The predicted molar refractivity (Wildman–Crippen MR) is 82.1 cm³/mol. The Morgan fingerprint density at radius 2 is 1.75 bits per heavy atom. The molecule has 1 amide bonds. The summed E-state index contributed by atoms with van der Waals surface area (Å²) >= 11 is 5.79. The van der Waals surface area contributed by atoms with E-state index in [-0.39, 0.29) is 5.91 Å². The van der Waals surface area contributed by atoms with Gasteiger partial charge in [0.15, 0.2) is 0 Å². The molecule has 0 unspecified atom stereocenters. The van der Waals surface area contributed by atoms with Crippen LogP contribution in [0.3, 0.4) is 0 Å². The first-order valence-electron chi connectivity index (χ1n) is 6.06. The van der Waals surface area contributed by atoms with Crippen LogP contribution in [0.4, 0.5) is 5.69 Å². The number of methoxy groups -OCH3 is 1. The number of rotatable bonds is 4. The normalized spacial score (nSPS) is 10.5. The molecule has 2 rings (SSSR count). The number of amides is 1. The van der Waals surface area contributed by atoms with Gasteiger partial charge in [-0.1, -0.05) is 23.7 Å². The Labute approximate surface area is 122 Å². The van der Waals surface area contributed by atoms with Gasteiger partial charge in [-0.05, 0) is 48.0 Å². The summed E-state index contributed by atoms with van der Waals surface area (Å²) in [4.78, 5) is 11.8. The highest BCUT2D eigenvalue weighted by Gasteiger charge is 1.98. The Kier molecular flexibility index (Phi) is 4.80. The van der Waals surface area contributed by atoms with Crippen molar-refractivity contribution in [2.75, 3.05) is 12.4 Å². The van der Waals surface area contributed by atoms with Gasteiger partial charge in [0.1, 0.15) is 5.75 Å². The highest BCUT2D eigenvalue weighted by Crippen LogP contribution is 2.15. The summed E-state index contributed by atoms with van der Waals surface area (Å²) in [5.74, 6) is 0.560. The summed E-state index contributed by atoms with van der Waals surface area (Å²) in [5.41, 5.74) is 1.64. The quantitative estimate of drug-likeness (QED) is 0.863. The molecule has 0 fully saturated rings. The zero-order valence-corrected chi connectivity index (χ0v) is 11.7. The zero-order chi connectivity index (χ0) is 14.4. The van der Waals surface area contributed by atoms with Gasteiger partial charge in [0, 0.05) is 16.8 Å². The van der Waals surface area contributed by atoms with Crippen LogP contribution >= 0.6 is 11.6 Å². The first kappa shape index (κ1) is 14.2. The van der Waals surface area contributed by atoms with E-state index in [1.165, 1.54) is 6.08 Å². The van der Waals surface area contributed by atoms with E-state index in [2.05, 4.69) is 5.32 Å². The van der Waals surface area contributed by atoms with E-state index in [0.717, 1.165) is 17.0 Å². The lowest BCUT2D eigenvalue weighted by molar-refractivity contribution is -0.111. The van der Waals surface area contributed by atoms with Crippen LogP contribution < -0.4 is 10.1 Å². The lowest BCUT2D eigenvalue weighted by Crippen LogP contribution is -2.07. The van der Waals surface area contributed by atoms with Gasteiger partial charge in [0.25, 0.3) is 0 Å². The molecule has 4 heteroatoms. The van der Waals surface area contributed by atoms with Crippen molar-refractivity contribution in [3.05, 3.63) is 65.2 Å². The molecule has 0 aromatic heterocycles. The van der Waals surface area contributed by atoms with E-state index in [4.69, 9.17) is 16.3 Å². The second-order valence-corrected chi connectivity index (χ2v) is 4.54. The SMILES string of the molecule is COc1ccc(NC(=O)/C=C\c2ccc(Cl)cc2)cc1. The van der Waals surface area contributed by atoms with Crippen LogP contribution in [-0.4, -0.2) is 13.0 Å².